The molecule has 0 amide bonds. The minimum atomic E-state index is 0.140. The lowest BCUT2D eigenvalue weighted by Crippen LogP contribution is -2.17. The van der Waals surface area contributed by atoms with Crippen LogP contribution >= 0.6 is 0 Å². The summed E-state index contributed by atoms with van der Waals surface area (Å²) in [6, 6.07) is 6.38. The molecule has 4 heteroatoms. The van der Waals surface area contributed by atoms with E-state index in [9.17, 15) is 0 Å². The van der Waals surface area contributed by atoms with Crippen LogP contribution in [0.1, 0.15) is 47.0 Å². The van der Waals surface area contributed by atoms with E-state index in [1.54, 1.807) is 0 Å². The highest BCUT2D eigenvalue weighted by Crippen LogP contribution is 2.31. The Labute approximate surface area is 118 Å². The maximum atomic E-state index is 6.17. The molecule has 0 saturated heterocycles. The third kappa shape index (κ3) is 2.43. The highest BCUT2D eigenvalue weighted by Gasteiger charge is 2.17. The van der Waals surface area contributed by atoms with Crippen molar-refractivity contribution in [3.05, 3.63) is 46.3 Å². The van der Waals surface area contributed by atoms with Gasteiger partial charge in [-0.1, -0.05) is 11.2 Å². The molecule has 0 unspecified atom stereocenters. The largest absolute Gasteiger partial charge is 0.489 e. The van der Waals surface area contributed by atoms with Crippen molar-refractivity contribution in [3.63, 3.8) is 0 Å². The van der Waals surface area contributed by atoms with Gasteiger partial charge < -0.3 is 15.0 Å². The Morgan fingerprint density at radius 2 is 2.25 bits per heavy atom. The summed E-state index contributed by atoms with van der Waals surface area (Å²) in [6.45, 7) is 4.31. The van der Waals surface area contributed by atoms with Crippen LogP contribution in [-0.2, 0) is 13.0 Å². The van der Waals surface area contributed by atoms with Crippen molar-refractivity contribution in [3.8, 4) is 5.75 Å². The van der Waals surface area contributed by atoms with Crippen molar-refractivity contribution >= 4 is 0 Å². The monoisotopic (exact) mass is 272 g/mol. The zero-order valence-corrected chi connectivity index (χ0v) is 12.0. The third-order valence-electron chi connectivity index (χ3n) is 4.04. The van der Waals surface area contributed by atoms with Gasteiger partial charge in [0, 0.05) is 6.04 Å². The van der Waals surface area contributed by atoms with E-state index in [0.717, 1.165) is 35.6 Å². The van der Waals surface area contributed by atoms with E-state index in [1.165, 1.54) is 17.5 Å². The average molecular weight is 272 g/mol. The Morgan fingerprint density at radius 1 is 1.40 bits per heavy atom. The number of benzene rings is 1. The molecule has 1 atom stereocenters. The van der Waals surface area contributed by atoms with Gasteiger partial charge in [0.2, 0.25) is 0 Å². The van der Waals surface area contributed by atoms with Gasteiger partial charge in [0.25, 0.3) is 0 Å². The van der Waals surface area contributed by atoms with Crippen molar-refractivity contribution < 1.29 is 9.26 Å². The molecule has 0 aliphatic heterocycles. The molecule has 0 spiro atoms. The molecule has 1 aromatic carbocycles. The first-order valence-corrected chi connectivity index (χ1v) is 7.08. The first-order valence-electron chi connectivity index (χ1n) is 7.08. The van der Waals surface area contributed by atoms with Gasteiger partial charge in [-0.05, 0) is 56.4 Å². The number of hydrogen-bond acceptors (Lipinski definition) is 4. The van der Waals surface area contributed by atoms with E-state index in [0.29, 0.717) is 6.61 Å². The second-order valence-corrected chi connectivity index (χ2v) is 5.45. The molecule has 106 valence electrons. The van der Waals surface area contributed by atoms with E-state index < -0.39 is 0 Å². The Kier molecular flexibility index (Phi) is 3.49. The Balaban J connectivity index is 1.77. The molecule has 1 aliphatic rings. The molecule has 1 aromatic heterocycles. The third-order valence-corrected chi connectivity index (χ3v) is 4.04. The van der Waals surface area contributed by atoms with E-state index in [-0.39, 0.29) is 6.04 Å². The summed E-state index contributed by atoms with van der Waals surface area (Å²) in [5.74, 6) is 1.68. The quantitative estimate of drug-likeness (QED) is 0.932. The molecular weight excluding hydrogens is 252 g/mol. The number of nitrogens with zero attached hydrogens (tertiary/aromatic N) is 1. The minimum absolute atomic E-state index is 0.140. The van der Waals surface area contributed by atoms with Crippen LogP contribution in [0.4, 0.5) is 0 Å². The predicted octanol–water partition coefficient (Wildman–Crippen LogP) is 3.21. The van der Waals surface area contributed by atoms with E-state index in [4.69, 9.17) is 15.0 Å². The second-order valence-electron chi connectivity index (χ2n) is 5.45. The lowest BCUT2D eigenvalue weighted by atomic mass is 9.88. The normalized spacial score (nSPS) is 17.9. The minimum Gasteiger partial charge on any atom is -0.489 e. The summed E-state index contributed by atoms with van der Waals surface area (Å²) < 4.78 is 11.0. The summed E-state index contributed by atoms with van der Waals surface area (Å²) >= 11 is 0. The number of rotatable bonds is 3. The topological polar surface area (TPSA) is 61.3 Å². The number of fused-ring (bicyclic) bond motifs is 1. The first kappa shape index (κ1) is 13.2. The molecule has 2 N–H and O–H groups in total. The van der Waals surface area contributed by atoms with Gasteiger partial charge in [0.05, 0.1) is 11.3 Å². The van der Waals surface area contributed by atoms with Crippen LogP contribution in [0, 0.1) is 13.8 Å². The van der Waals surface area contributed by atoms with Crippen molar-refractivity contribution in [1.29, 1.82) is 0 Å². The van der Waals surface area contributed by atoms with Crippen LogP contribution in [0.3, 0.4) is 0 Å². The summed E-state index contributed by atoms with van der Waals surface area (Å²) in [5, 5.41) is 3.94. The molecule has 1 heterocycles. The molecule has 0 saturated carbocycles. The number of nitrogens with two attached hydrogens (primary N) is 1. The van der Waals surface area contributed by atoms with Gasteiger partial charge in [-0.2, -0.15) is 0 Å². The van der Waals surface area contributed by atoms with Crippen LogP contribution in [-0.4, -0.2) is 5.16 Å². The molecule has 0 bridgehead atoms. The smallest absolute Gasteiger partial charge is 0.140 e. The molecule has 20 heavy (non-hydrogen) atoms. The SMILES string of the molecule is Cc1noc(C)c1COc1ccc2c(c1)[C@H](N)CCC2. The molecule has 3 rings (SSSR count). The van der Waals surface area contributed by atoms with E-state index >= 15 is 0 Å². The van der Waals surface area contributed by atoms with Gasteiger partial charge in [0.1, 0.15) is 18.1 Å². The summed E-state index contributed by atoms with van der Waals surface area (Å²) in [6.07, 6.45) is 3.35. The predicted molar refractivity (Wildman–Crippen MR) is 76.6 cm³/mol. The summed E-state index contributed by atoms with van der Waals surface area (Å²) in [7, 11) is 0. The van der Waals surface area contributed by atoms with Gasteiger partial charge in [0.15, 0.2) is 0 Å². The number of hydrogen-bond donors (Lipinski definition) is 1. The molecule has 0 fully saturated rings. The van der Waals surface area contributed by atoms with Crippen molar-refractivity contribution in [1.82, 2.24) is 5.16 Å². The number of aromatic nitrogens is 1. The molecule has 4 nitrogen and oxygen atoms in total. The van der Waals surface area contributed by atoms with Crippen LogP contribution < -0.4 is 10.5 Å². The van der Waals surface area contributed by atoms with Crippen molar-refractivity contribution in [2.24, 2.45) is 5.73 Å². The molecule has 0 radical (unpaired) electrons. The zero-order chi connectivity index (χ0) is 14.1. The van der Waals surface area contributed by atoms with Gasteiger partial charge in [-0.25, -0.2) is 0 Å². The highest BCUT2D eigenvalue weighted by atomic mass is 16.5. The van der Waals surface area contributed by atoms with Gasteiger partial charge in [-0.15, -0.1) is 0 Å². The highest BCUT2D eigenvalue weighted by molar-refractivity contribution is 5.39. The standard InChI is InChI=1S/C16H20N2O2/c1-10-15(11(2)20-18-10)9-19-13-7-6-12-4-3-5-16(17)14(12)8-13/h6-8,16H,3-5,9,17H2,1-2H3/t16-/m1/s1. The molecule has 1 aliphatic carbocycles. The van der Waals surface area contributed by atoms with Crippen LogP contribution in [0.5, 0.6) is 5.75 Å². The first-order chi connectivity index (χ1) is 9.65. The van der Waals surface area contributed by atoms with E-state index in [1.807, 2.05) is 19.9 Å². The molecular formula is C16H20N2O2. The lowest BCUT2D eigenvalue weighted by Gasteiger charge is -2.22. The lowest BCUT2D eigenvalue weighted by molar-refractivity contribution is 0.301. The average Bonchev–Trinajstić information content (AvgIpc) is 2.76. The van der Waals surface area contributed by atoms with Crippen LogP contribution in [0.2, 0.25) is 0 Å². The zero-order valence-electron chi connectivity index (χ0n) is 12.0. The molecule has 2 aromatic rings. The maximum Gasteiger partial charge on any atom is 0.140 e. The van der Waals surface area contributed by atoms with Gasteiger partial charge in [-0.3, -0.25) is 0 Å². The Bertz CT molecular complexity index is 599. The number of ether oxygens (including phenoxy) is 1. The van der Waals surface area contributed by atoms with E-state index in [2.05, 4.69) is 17.3 Å². The Hall–Kier alpha value is -1.81. The number of aryl methyl sites for hydroxylation is 3. The maximum absolute atomic E-state index is 6.17. The summed E-state index contributed by atoms with van der Waals surface area (Å²) in [5.41, 5.74) is 10.7. The van der Waals surface area contributed by atoms with Gasteiger partial charge >= 0.3 is 0 Å². The van der Waals surface area contributed by atoms with Crippen LogP contribution in [0.15, 0.2) is 22.7 Å². The van der Waals surface area contributed by atoms with Crippen molar-refractivity contribution in [2.45, 2.75) is 45.8 Å². The fourth-order valence-corrected chi connectivity index (χ4v) is 2.77. The van der Waals surface area contributed by atoms with Crippen LogP contribution in [0.25, 0.3) is 0 Å². The Morgan fingerprint density at radius 3 is 3.00 bits per heavy atom. The summed E-state index contributed by atoms with van der Waals surface area (Å²) in [4.78, 5) is 0. The fraction of sp³-hybridized carbons (Fsp3) is 0.438. The fourth-order valence-electron chi connectivity index (χ4n) is 2.77. The van der Waals surface area contributed by atoms with Crippen molar-refractivity contribution in [2.75, 3.05) is 0 Å². The second kappa shape index (κ2) is 5.29.